The maximum atomic E-state index is 13.1. The van der Waals surface area contributed by atoms with Gasteiger partial charge in [0.05, 0.1) is 32.6 Å². The standard InChI is InChI=1S/C22H31N3O5/c1-17(2)7-8-23-21(26)16-25(15-18-4-3-11-29-18)22(27)20-6-5-19(30-20)14-24-9-12-28-13-10-24/h3-6,11,17H,7-10,12-16H2,1-2H3,(H,23,26). The Labute approximate surface area is 177 Å². The zero-order valence-electron chi connectivity index (χ0n) is 17.8. The maximum Gasteiger partial charge on any atom is 0.290 e. The van der Waals surface area contributed by atoms with E-state index in [1.807, 2.05) is 6.07 Å². The molecule has 0 saturated carbocycles. The van der Waals surface area contributed by atoms with E-state index >= 15 is 0 Å². The minimum Gasteiger partial charge on any atom is -0.467 e. The molecule has 1 N–H and O–H groups in total. The molecule has 2 amide bonds. The van der Waals surface area contributed by atoms with Crippen molar-refractivity contribution < 1.29 is 23.2 Å². The Kier molecular flexibility index (Phi) is 8.10. The SMILES string of the molecule is CC(C)CCNC(=O)CN(Cc1ccco1)C(=O)c1ccc(CN2CCOCC2)o1. The van der Waals surface area contributed by atoms with E-state index in [9.17, 15) is 9.59 Å². The van der Waals surface area contributed by atoms with Crippen LogP contribution in [0.1, 0.15) is 42.3 Å². The fourth-order valence-electron chi connectivity index (χ4n) is 3.23. The van der Waals surface area contributed by atoms with Crippen molar-refractivity contribution in [1.82, 2.24) is 15.1 Å². The number of nitrogens with zero attached hydrogens (tertiary/aromatic N) is 2. The average Bonchev–Trinajstić information content (AvgIpc) is 3.39. The van der Waals surface area contributed by atoms with Crippen LogP contribution in [0.5, 0.6) is 0 Å². The summed E-state index contributed by atoms with van der Waals surface area (Å²) < 4.78 is 16.5. The van der Waals surface area contributed by atoms with E-state index in [4.69, 9.17) is 13.6 Å². The number of ether oxygens (including phenoxy) is 1. The van der Waals surface area contributed by atoms with Crippen molar-refractivity contribution in [1.29, 1.82) is 0 Å². The number of carbonyl (C=O) groups is 2. The van der Waals surface area contributed by atoms with Gasteiger partial charge in [0, 0.05) is 19.6 Å². The summed E-state index contributed by atoms with van der Waals surface area (Å²) in [5.74, 6) is 1.52. The highest BCUT2D eigenvalue weighted by molar-refractivity contribution is 5.94. The molecule has 3 rings (SSSR count). The molecule has 2 aromatic heterocycles. The second kappa shape index (κ2) is 11.0. The molecule has 8 nitrogen and oxygen atoms in total. The molecule has 3 heterocycles. The van der Waals surface area contributed by atoms with Crippen molar-refractivity contribution in [2.24, 2.45) is 5.92 Å². The van der Waals surface area contributed by atoms with Crippen molar-refractivity contribution in [3.63, 3.8) is 0 Å². The molecular formula is C22H31N3O5. The summed E-state index contributed by atoms with van der Waals surface area (Å²) in [6.07, 6.45) is 2.44. The number of carbonyl (C=O) groups excluding carboxylic acids is 2. The number of amides is 2. The Morgan fingerprint density at radius 3 is 2.67 bits per heavy atom. The molecule has 1 aliphatic rings. The Balaban J connectivity index is 1.63. The largest absolute Gasteiger partial charge is 0.467 e. The lowest BCUT2D eigenvalue weighted by molar-refractivity contribution is -0.122. The Bertz CT molecular complexity index is 794. The third-order valence-electron chi connectivity index (χ3n) is 4.95. The van der Waals surface area contributed by atoms with Gasteiger partial charge >= 0.3 is 0 Å². The van der Waals surface area contributed by atoms with Crippen molar-refractivity contribution in [2.75, 3.05) is 39.4 Å². The highest BCUT2D eigenvalue weighted by atomic mass is 16.5. The normalized spacial score (nSPS) is 14.8. The van der Waals surface area contributed by atoms with Crippen LogP contribution in [0.15, 0.2) is 39.4 Å². The first-order valence-corrected chi connectivity index (χ1v) is 10.5. The van der Waals surface area contributed by atoms with Gasteiger partial charge in [-0.2, -0.15) is 0 Å². The van der Waals surface area contributed by atoms with E-state index < -0.39 is 0 Å². The minimum absolute atomic E-state index is 0.0584. The second-order valence-corrected chi connectivity index (χ2v) is 7.93. The Morgan fingerprint density at radius 1 is 1.17 bits per heavy atom. The summed E-state index contributed by atoms with van der Waals surface area (Å²) in [7, 11) is 0. The second-order valence-electron chi connectivity index (χ2n) is 7.93. The first-order chi connectivity index (χ1) is 14.5. The molecule has 8 heteroatoms. The van der Waals surface area contributed by atoms with Gasteiger partial charge in [0.1, 0.15) is 18.1 Å². The third kappa shape index (κ3) is 6.74. The van der Waals surface area contributed by atoms with E-state index in [-0.39, 0.29) is 30.7 Å². The summed E-state index contributed by atoms with van der Waals surface area (Å²) in [6.45, 7) is 8.64. The van der Waals surface area contributed by atoms with Crippen LogP contribution in [0, 0.1) is 5.92 Å². The fraction of sp³-hybridized carbons (Fsp3) is 0.545. The summed E-state index contributed by atoms with van der Waals surface area (Å²) in [5, 5.41) is 2.88. The van der Waals surface area contributed by atoms with Gasteiger partial charge in [-0.15, -0.1) is 0 Å². The van der Waals surface area contributed by atoms with Crippen LogP contribution in [0.25, 0.3) is 0 Å². The zero-order chi connectivity index (χ0) is 21.3. The molecule has 0 atom stereocenters. The first-order valence-electron chi connectivity index (χ1n) is 10.5. The van der Waals surface area contributed by atoms with Gasteiger partial charge in [-0.1, -0.05) is 13.8 Å². The van der Waals surface area contributed by atoms with Crippen LogP contribution < -0.4 is 5.32 Å². The molecule has 30 heavy (non-hydrogen) atoms. The smallest absolute Gasteiger partial charge is 0.290 e. The quantitative estimate of drug-likeness (QED) is 0.639. The number of furan rings is 2. The zero-order valence-corrected chi connectivity index (χ0v) is 17.8. The summed E-state index contributed by atoms with van der Waals surface area (Å²) in [6, 6.07) is 7.03. The van der Waals surface area contributed by atoms with Crippen molar-refractivity contribution in [2.45, 2.75) is 33.4 Å². The molecule has 1 aliphatic heterocycles. The highest BCUT2D eigenvalue weighted by Crippen LogP contribution is 2.16. The van der Waals surface area contributed by atoms with Gasteiger partial charge in [-0.25, -0.2) is 0 Å². The molecule has 0 bridgehead atoms. The van der Waals surface area contributed by atoms with E-state index in [1.54, 1.807) is 24.5 Å². The van der Waals surface area contributed by atoms with E-state index in [0.717, 1.165) is 25.3 Å². The van der Waals surface area contributed by atoms with Gasteiger partial charge in [0.2, 0.25) is 5.91 Å². The molecule has 0 aliphatic carbocycles. The number of hydrogen-bond donors (Lipinski definition) is 1. The highest BCUT2D eigenvalue weighted by Gasteiger charge is 2.23. The molecule has 0 unspecified atom stereocenters. The molecule has 2 aromatic rings. The molecule has 0 radical (unpaired) electrons. The summed E-state index contributed by atoms with van der Waals surface area (Å²) in [4.78, 5) is 29.1. The van der Waals surface area contributed by atoms with Crippen LogP contribution in [0.2, 0.25) is 0 Å². The molecule has 164 valence electrons. The number of nitrogens with one attached hydrogen (secondary N) is 1. The van der Waals surface area contributed by atoms with Crippen LogP contribution in [0.3, 0.4) is 0 Å². The van der Waals surface area contributed by atoms with Crippen molar-refractivity contribution >= 4 is 11.8 Å². The van der Waals surface area contributed by atoms with Crippen LogP contribution in [0.4, 0.5) is 0 Å². The Hall–Kier alpha value is -2.58. The number of hydrogen-bond acceptors (Lipinski definition) is 6. The van der Waals surface area contributed by atoms with E-state index in [2.05, 4.69) is 24.1 Å². The number of morpholine rings is 1. The first kappa shape index (κ1) is 22.1. The van der Waals surface area contributed by atoms with Crippen LogP contribution in [-0.2, 0) is 22.6 Å². The monoisotopic (exact) mass is 417 g/mol. The molecular weight excluding hydrogens is 386 g/mol. The predicted molar refractivity (Wildman–Crippen MR) is 111 cm³/mol. The van der Waals surface area contributed by atoms with Gasteiger partial charge in [0.15, 0.2) is 5.76 Å². The molecule has 0 aromatic carbocycles. The molecule has 0 spiro atoms. The predicted octanol–water partition coefficient (Wildman–Crippen LogP) is 2.51. The molecule has 1 fully saturated rings. The van der Waals surface area contributed by atoms with Gasteiger partial charge in [-0.05, 0) is 36.6 Å². The van der Waals surface area contributed by atoms with Crippen LogP contribution >= 0.6 is 0 Å². The van der Waals surface area contributed by atoms with Gasteiger partial charge in [-0.3, -0.25) is 14.5 Å². The fourth-order valence-corrected chi connectivity index (χ4v) is 3.23. The van der Waals surface area contributed by atoms with Crippen LogP contribution in [-0.4, -0.2) is 61.0 Å². The lowest BCUT2D eigenvalue weighted by Crippen LogP contribution is -2.40. The third-order valence-corrected chi connectivity index (χ3v) is 4.95. The van der Waals surface area contributed by atoms with Crippen molar-refractivity contribution in [3.05, 3.63) is 47.8 Å². The van der Waals surface area contributed by atoms with E-state index in [0.29, 0.717) is 38.0 Å². The topological polar surface area (TPSA) is 88.2 Å². The minimum atomic E-state index is -0.335. The average molecular weight is 418 g/mol. The number of rotatable bonds is 10. The Morgan fingerprint density at radius 2 is 1.97 bits per heavy atom. The van der Waals surface area contributed by atoms with Gasteiger partial charge < -0.3 is 23.8 Å². The lowest BCUT2D eigenvalue weighted by atomic mass is 10.1. The lowest BCUT2D eigenvalue weighted by Gasteiger charge is -2.25. The maximum absolute atomic E-state index is 13.1. The summed E-state index contributed by atoms with van der Waals surface area (Å²) in [5.41, 5.74) is 0. The van der Waals surface area contributed by atoms with Crippen molar-refractivity contribution in [3.8, 4) is 0 Å². The van der Waals surface area contributed by atoms with E-state index in [1.165, 1.54) is 4.90 Å². The van der Waals surface area contributed by atoms with Gasteiger partial charge in [0.25, 0.3) is 5.91 Å². The molecule has 1 saturated heterocycles. The summed E-state index contributed by atoms with van der Waals surface area (Å²) >= 11 is 0.